The molecule has 1 heterocycles. The molecule has 3 heteroatoms. The summed E-state index contributed by atoms with van der Waals surface area (Å²) in [6, 6.07) is 1.64. The van der Waals surface area contributed by atoms with Crippen molar-refractivity contribution in [1.29, 1.82) is 0 Å². The zero-order valence-corrected chi connectivity index (χ0v) is 11.7. The van der Waals surface area contributed by atoms with Crippen molar-refractivity contribution >= 4 is 11.8 Å². The Morgan fingerprint density at radius 2 is 2.12 bits per heavy atom. The Labute approximate surface area is 105 Å². The van der Waals surface area contributed by atoms with Gasteiger partial charge in [-0.05, 0) is 38.8 Å². The number of thioether (sulfide) groups is 1. The largest absolute Gasteiger partial charge is 0.317 e. The summed E-state index contributed by atoms with van der Waals surface area (Å²) >= 11 is 2.14. The molecule has 1 aliphatic heterocycles. The Kier molecular flexibility index (Phi) is 4.57. The highest BCUT2D eigenvalue weighted by molar-refractivity contribution is 8.00. The first-order valence-electron chi connectivity index (χ1n) is 6.82. The zero-order valence-electron chi connectivity index (χ0n) is 10.9. The van der Waals surface area contributed by atoms with E-state index >= 15 is 0 Å². The lowest BCUT2D eigenvalue weighted by atomic mass is 9.77. The van der Waals surface area contributed by atoms with Gasteiger partial charge in [-0.15, -0.1) is 0 Å². The Morgan fingerprint density at radius 3 is 2.75 bits per heavy atom. The Balaban J connectivity index is 1.86. The van der Waals surface area contributed by atoms with Crippen LogP contribution in [-0.4, -0.2) is 47.6 Å². The minimum Gasteiger partial charge on any atom is -0.317 e. The van der Waals surface area contributed by atoms with Gasteiger partial charge >= 0.3 is 0 Å². The second-order valence-corrected chi connectivity index (χ2v) is 6.75. The number of nitrogens with one attached hydrogen (secondary N) is 1. The number of rotatable bonds is 4. The molecule has 2 rings (SSSR count). The van der Waals surface area contributed by atoms with Crippen LogP contribution in [0.1, 0.15) is 33.6 Å². The Bertz CT molecular complexity index is 222. The second kappa shape index (κ2) is 5.74. The van der Waals surface area contributed by atoms with Crippen LogP contribution in [0.3, 0.4) is 0 Å². The first kappa shape index (κ1) is 12.7. The third-order valence-electron chi connectivity index (χ3n) is 4.39. The van der Waals surface area contributed by atoms with Crippen LogP contribution in [0.5, 0.6) is 0 Å². The molecular formula is C13H26N2S. The average Bonchev–Trinajstić information content (AvgIpc) is 2.24. The van der Waals surface area contributed by atoms with E-state index < -0.39 is 0 Å². The number of hydrogen-bond donors (Lipinski definition) is 1. The summed E-state index contributed by atoms with van der Waals surface area (Å²) in [7, 11) is 0. The van der Waals surface area contributed by atoms with Crippen molar-refractivity contribution in [3.63, 3.8) is 0 Å². The van der Waals surface area contributed by atoms with E-state index in [1.807, 2.05) is 0 Å². The van der Waals surface area contributed by atoms with E-state index in [4.69, 9.17) is 0 Å². The van der Waals surface area contributed by atoms with E-state index in [1.54, 1.807) is 0 Å². The number of nitrogens with zero attached hydrogens (tertiary/aromatic N) is 1. The predicted octanol–water partition coefficient (Wildman–Crippen LogP) is 2.20. The van der Waals surface area contributed by atoms with Gasteiger partial charge in [0.2, 0.25) is 0 Å². The monoisotopic (exact) mass is 242 g/mol. The number of hydrogen-bond acceptors (Lipinski definition) is 3. The van der Waals surface area contributed by atoms with Crippen LogP contribution in [-0.2, 0) is 0 Å². The third kappa shape index (κ3) is 2.57. The fraction of sp³-hybridized carbons (Fsp3) is 1.00. The van der Waals surface area contributed by atoms with Crippen LogP contribution in [0, 0.1) is 5.92 Å². The lowest BCUT2D eigenvalue weighted by molar-refractivity contribution is 0.0353. The van der Waals surface area contributed by atoms with E-state index in [2.05, 4.69) is 42.7 Å². The zero-order chi connectivity index (χ0) is 11.5. The molecule has 1 saturated heterocycles. The van der Waals surface area contributed by atoms with Gasteiger partial charge < -0.3 is 5.32 Å². The Morgan fingerprint density at radius 1 is 1.31 bits per heavy atom. The molecule has 2 nitrogen and oxygen atoms in total. The molecule has 0 aromatic heterocycles. The van der Waals surface area contributed by atoms with Crippen molar-refractivity contribution in [3.05, 3.63) is 0 Å². The molecular weight excluding hydrogens is 216 g/mol. The van der Waals surface area contributed by atoms with Gasteiger partial charge in [-0.3, -0.25) is 4.90 Å². The van der Waals surface area contributed by atoms with Gasteiger partial charge in [0.1, 0.15) is 0 Å². The fourth-order valence-corrected chi connectivity index (χ4v) is 4.10. The van der Waals surface area contributed by atoms with Crippen LogP contribution >= 0.6 is 11.8 Å². The summed E-state index contributed by atoms with van der Waals surface area (Å²) in [5.74, 6) is 2.24. The molecule has 0 bridgehead atoms. The lowest BCUT2D eigenvalue weighted by Crippen LogP contribution is -2.57. The molecule has 0 spiro atoms. The van der Waals surface area contributed by atoms with Crippen LogP contribution in [0.2, 0.25) is 0 Å². The minimum atomic E-state index is 0.771. The van der Waals surface area contributed by atoms with Gasteiger partial charge in [-0.25, -0.2) is 0 Å². The topological polar surface area (TPSA) is 15.3 Å². The van der Waals surface area contributed by atoms with Gasteiger partial charge in [-0.2, -0.15) is 11.8 Å². The maximum absolute atomic E-state index is 3.51. The molecule has 4 unspecified atom stereocenters. The fourth-order valence-electron chi connectivity index (χ4n) is 2.98. The summed E-state index contributed by atoms with van der Waals surface area (Å²) in [6.45, 7) is 10.7. The Hall–Kier alpha value is 0.270. The van der Waals surface area contributed by atoms with Gasteiger partial charge in [-0.1, -0.05) is 13.8 Å². The SMILES string of the molecule is CCNCC1CCC1N1CCSC(C)C1C. The molecule has 4 atom stereocenters. The lowest BCUT2D eigenvalue weighted by Gasteiger charge is -2.50. The molecule has 0 radical (unpaired) electrons. The summed E-state index contributed by atoms with van der Waals surface area (Å²) in [5, 5.41) is 4.33. The van der Waals surface area contributed by atoms with Gasteiger partial charge in [0.15, 0.2) is 0 Å². The molecule has 2 fully saturated rings. The summed E-state index contributed by atoms with van der Waals surface area (Å²) < 4.78 is 0. The standard InChI is InChI=1S/C13H26N2S/c1-4-14-9-12-5-6-13(12)15-7-8-16-11(3)10(15)2/h10-14H,4-9H2,1-3H3. The molecule has 1 saturated carbocycles. The van der Waals surface area contributed by atoms with Gasteiger partial charge in [0.05, 0.1) is 0 Å². The quantitative estimate of drug-likeness (QED) is 0.813. The molecule has 0 aromatic carbocycles. The molecule has 0 amide bonds. The van der Waals surface area contributed by atoms with Crippen LogP contribution < -0.4 is 5.32 Å². The van der Waals surface area contributed by atoms with E-state index in [1.165, 1.54) is 31.7 Å². The highest BCUT2D eigenvalue weighted by Gasteiger charge is 2.39. The smallest absolute Gasteiger partial charge is 0.0187 e. The average molecular weight is 242 g/mol. The highest BCUT2D eigenvalue weighted by atomic mass is 32.2. The second-order valence-electron chi connectivity index (χ2n) is 5.27. The van der Waals surface area contributed by atoms with Crippen molar-refractivity contribution in [2.24, 2.45) is 5.92 Å². The predicted molar refractivity (Wildman–Crippen MR) is 73.1 cm³/mol. The van der Waals surface area contributed by atoms with E-state index in [-0.39, 0.29) is 0 Å². The van der Waals surface area contributed by atoms with E-state index in [0.29, 0.717) is 0 Å². The van der Waals surface area contributed by atoms with Crippen molar-refractivity contribution in [1.82, 2.24) is 10.2 Å². The van der Waals surface area contributed by atoms with Crippen LogP contribution in [0.25, 0.3) is 0 Å². The molecule has 16 heavy (non-hydrogen) atoms. The molecule has 1 aliphatic carbocycles. The van der Waals surface area contributed by atoms with Crippen LogP contribution in [0.4, 0.5) is 0 Å². The highest BCUT2D eigenvalue weighted by Crippen LogP contribution is 2.36. The minimum absolute atomic E-state index is 0.771. The first-order chi connectivity index (χ1) is 7.74. The maximum atomic E-state index is 3.51. The summed E-state index contributed by atoms with van der Waals surface area (Å²) in [4.78, 5) is 2.78. The first-order valence-corrected chi connectivity index (χ1v) is 7.87. The summed E-state index contributed by atoms with van der Waals surface area (Å²) in [5.41, 5.74) is 0. The van der Waals surface area contributed by atoms with Crippen molar-refractivity contribution in [2.45, 2.75) is 50.9 Å². The van der Waals surface area contributed by atoms with Crippen molar-refractivity contribution < 1.29 is 0 Å². The summed E-state index contributed by atoms with van der Waals surface area (Å²) in [6.07, 6.45) is 2.86. The van der Waals surface area contributed by atoms with Crippen LogP contribution in [0.15, 0.2) is 0 Å². The molecule has 1 N–H and O–H groups in total. The van der Waals surface area contributed by atoms with Gasteiger partial charge in [0.25, 0.3) is 0 Å². The van der Waals surface area contributed by atoms with Gasteiger partial charge in [0, 0.05) is 29.6 Å². The third-order valence-corrected chi connectivity index (χ3v) is 5.73. The van der Waals surface area contributed by atoms with Crippen molar-refractivity contribution in [2.75, 3.05) is 25.4 Å². The maximum Gasteiger partial charge on any atom is 0.0187 e. The normalized spacial score (nSPS) is 40.7. The van der Waals surface area contributed by atoms with E-state index in [9.17, 15) is 0 Å². The molecule has 94 valence electrons. The molecule has 0 aromatic rings. The van der Waals surface area contributed by atoms with Crippen molar-refractivity contribution in [3.8, 4) is 0 Å². The molecule has 2 aliphatic rings. The van der Waals surface area contributed by atoms with E-state index in [0.717, 1.165) is 29.8 Å².